The number of aryl methyl sites for hydroxylation is 1. The molecule has 0 spiro atoms. The molecule has 0 bridgehead atoms. The Kier molecular flexibility index (Phi) is 4.40. The molecule has 1 saturated carbocycles. The van der Waals surface area contributed by atoms with Crippen LogP contribution in [0, 0.1) is 12.8 Å². The van der Waals surface area contributed by atoms with Crippen molar-refractivity contribution in [3.05, 3.63) is 18.0 Å². The van der Waals surface area contributed by atoms with Crippen molar-refractivity contribution in [2.24, 2.45) is 5.92 Å². The normalized spacial score (nSPS) is 27.5. The highest BCUT2D eigenvalue weighted by Crippen LogP contribution is 2.35. The molecule has 0 aromatic carbocycles. The standard InChI is InChI=1S/C15H26N4/c1-12-6-5-7-15(8-12,19(3)4)11-18-14-16-9-13(2)10-17-14/h9-10,12H,5-8,11H2,1-4H3,(H,16,17,18). The fraction of sp³-hybridized carbons (Fsp3) is 0.733. The predicted octanol–water partition coefficient (Wildman–Crippen LogP) is 2.71. The van der Waals surface area contributed by atoms with Crippen molar-refractivity contribution in [2.75, 3.05) is 26.0 Å². The molecule has 2 rings (SSSR count). The van der Waals surface area contributed by atoms with E-state index < -0.39 is 0 Å². The number of hydrogen-bond acceptors (Lipinski definition) is 4. The second kappa shape index (κ2) is 5.87. The van der Waals surface area contributed by atoms with Crippen molar-refractivity contribution >= 4 is 5.95 Å². The van der Waals surface area contributed by atoms with Gasteiger partial charge in [0, 0.05) is 24.5 Å². The van der Waals surface area contributed by atoms with Gasteiger partial charge in [-0.2, -0.15) is 0 Å². The fourth-order valence-electron chi connectivity index (χ4n) is 3.08. The minimum atomic E-state index is 0.242. The van der Waals surface area contributed by atoms with Crippen molar-refractivity contribution in [1.82, 2.24) is 14.9 Å². The lowest BCUT2D eigenvalue weighted by Gasteiger charge is -2.45. The summed E-state index contributed by atoms with van der Waals surface area (Å²) in [6.45, 7) is 5.29. The molecule has 1 fully saturated rings. The number of aromatic nitrogens is 2. The molecular formula is C15H26N4. The van der Waals surface area contributed by atoms with E-state index in [1.54, 1.807) is 0 Å². The van der Waals surface area contributed by atoms with Gasteiger partial charge in [0.05, 0.1) is 0 Å². The van der Waals surface area contributed by atoms with Gasteiger partial charge in [0.2, 0.25) is 5.95 Å². The van der Waals surface area contributed by atoms with Crippen molar-refractivity contribution in [2.45, 2.75) is 45.1 Å². The Morgan fingerprint density at radius 2 is 2.05 bits per heavy atom. The molecule has 4 heteroatoms. The molecular weight excluding hydrogens is 236 g/mol. The molecule has 2 unspecified atom stereocenters. The molecule has 4 nitrogen and oxygen atoms in total. The minimum absolute atomic E-state index is 0.242. The second-order valence-electron chi connectivity index (χ2n) is 6.26. The molecule has 0 radical (unpaired) electrons. The van der Waals surface area contributed by atoms with Gasteiger partial charge in [0.15, 0.2) is 0 Å². The lowest BCUT2D eigenvalue weighted by Crippen LogP contribution is -2.52. The van der Waals surface area contributed by atoms with Gasteiger partial charge in [-0.25, -0.2) is 9.97 Å². The Balaban J connectivity index is 2.03. The summed E-state index contributed by atoms with van der Waals surface area (Å²) in [5.41, 5.74) is 1.34. The summed E-state index contributed by atoms with van der Waals surface area (Å²) in [6, 6.07) is 0. The predicted molar refractivity (Wildman–Crippen MR) is 79.3 cm³/mol. The summed E-state index contributed by atoms with van der Waals surface area (Å²) >= 11 is 0. The Morgan fingerprint density at radius 1 is 1.37 bits per heavy atom. The van der Waals surface area contributed by atoms with E-state index in [2.05, 4.69) is 41.2 Å². The number of anilines is 1. The van der Waals surface area contributed by atoms with E-state index in [0.29, 0.717) is 0 Å². The number of nitrogens with one attached hydrogen (secondary N) is 1. The van der Waals surface area contributed by atoms with Gasteiger partial charge in [-0.3, -0.25) is 0 Å². The highest BCUT2D eigenvalue weighted by Gasteiger charge is 2.36. The lowest BCUT2D eigenvalue weighted by molar-refractivity contribution is 0.0881. The maximum Gasteiger partial charge on any atom is 0.222 e. The van der Waals surface area contributed by atoms with Crippen molar-refractivity contribution in [3.63, 3.8) is 0 Å². The summed E-state index contributed by atoms with van der Waals surface area (Å²) in [6.07, 6.45) is 8.90. The van der Waals surface area contributed by atoms with E-state index in [1.807, 2.05) is 19.3 Å². The molecule has 0 saturated heterocycles. The average molecular weight is 262 g/mol. The van der Waals surface area contributed by atoms with Crippen LogP contribution in [0.15, 0.2) is 12.4 Å². The van der Waals surface area contributed by atoms with Crippen LogP contribution in [-0.2, 0) is 0 Å². The maximum atomic E-state index is 4.33. The van der Waals surface area contributed by atoms with Gasteiger partial charge in [0.25, 0.3) is 0 Å². The molecule has 1 aliphatic carbocycles. The molecule has 0 aliphatic heterocycles. The topological polar surface area (TPSA) is 41.1 Å². The third-order valence-electron chi connectivity index (χ3n) is 4.37. The largest absolute Gasteiger partial charge is 0.352 e. The van der Waals surface area contributed by atoms with Crippen LogP contribution in [0.25, 0.3) is 0 Å². The molecule has 1 N–H and O–H groups in total. The van der Waals surface area contributed by atoms with E-state index in [9.17, 15) is 0 Å². The van der Waals surface area contributed by atoms with Gasteiger partial charge in [-0.15, -0.1) is 0 Å². The Hall–Kier alpha value is -1.16. The van der Waals surface area contributed by atoms with Crippen molar-refractivity contribution < 1.29 is 0 Å². The number of likely N-dealkylation sites (N-methyl/N-ethyl adjacent to an activating group) is 1. The third kappa shape index (κ3) is 3.44. The van der Waals surface area contributed by atoms with Crippen LogP contribution in [0.2, 0.25) is 0 Å². The van der Waals surface area contributed by atoms with Crippen LogP contribution >= 0.6 is 0 Å². The highest BCUT2D eigenvalue weighted by molar-refractivity contribution is 5.25. The van der Waals surface area contributed by atoms with Gasteiger partial charge in [-0.1, -0.05) is 19.8 Å². The van der Waals surface area contributed by atoms with Crippen LogP contribution in [0.1, 0.15) is 38.2 Å². The Morgan fingerprint density at radius 3 is 2.63 bits per heavy atom. The number of hydrogen-bond donors (Lipinski definition) is 1. The van der Waals surface area contributed by atoms with Gasteiger partial charge >= 0.3 is 0 Å². The smallest absolute Gasteiger partial charge is 0.222 e. The summed E-state index contributed by atoms with van der Waals surface area (Å²) in [5.74, 6) is 1.54. The zero-order valence-corrected chi connectivity index (χ0v) is 12.6. The number of nitrogens with zero attached hydrogens (tertiary/aromatic N) is 3. The zero-order chi connectivity index (χ0) is 13.9. The molecule has 106 valence electrons. The first-order valence-electron chi connectivity index (χ1n) is 7.22. The summed E-state index contributed by atoms with van der Waals surface area (Å²) in [7, 11) is 4.38. The van der Waals surface area contributed by atoms with E-state index in [0.717, 1.165) is 24.0 Å². The average Bonchev–Trinajstić information content (AvgIpc) is 2.38. The van der Waals surface area contributed by atoms with E-state index in [1.165, 1.54) is 25.7 Å². The molecule has 1 heterocycles. The third-order valence-corrected chi connectivity index (χ3v) is 4.37. The molecule has 1 aliphatic rings. The van der Waals surface area contributed by atoms with Gasteiger partial charge in [-0.05, 0) is 45.3 Å². The van der Waals surface area contributed by atoms with Gasteiger partial charge < -0.3 is 10.2 Å². The SMILES string of the molecule is Cc1cnc(NCC2(N(C)C)CCCC(C)C2)nc1. The minimum Gasteiger partial charge on any atom is -0.352 e. The molecule has 1 aromatic heterocycles. The van der Waals surface area contributed by atoms with E-state index in [-0.39, 0.29) is 5.54 Å². The van der Waals surface area contributed by atoms with Crippen LogP contribution in [0.4, 0.5) is 5.95 Å². The van der Waals surface area contributed by atoms with E-state index >= 15 is 0 Å². The number of rotatable bonds is 4. The fourth-order valence-corrected chi connectivity index (χ4v) is 3.08. The van der Waals surface area contributed by atoms with Crippen LogP contribution in [-0.4, -0.2) is 41.0 Å². The molecule has 0 amide bonds. The van der Waals surface area contributed by atoms with Gasteiger partial charge in [0.1, 0.15) is 0 Å². The lowest BCUT2D eigenvalue weighted by atomic mass is 9.75. The van der Waals surface area contributed by atoms with Crippen LogP contribution in [0.3, 0.4) is 0 Å². The quantitative estimate of drug-likeness (QED) is 0.906. The zero-order valence-electron chi connectivity index (χ0n) is 12.6. The van der Waals surface area contributed by atoms with Crippen LogP contribution in [0.5, 0.6) is 0 Å². The van der Waals surface area contributed by atoms with Crippen molar-refractivity contribution in [1.29, 1.82) is 0 Å². The first kappa shape index (κ1) is 14.3. The van der Waals surface area contributed by atoms with E-state index in [4.69, 9.17) is 0 Å². The van der Waals surface area contributed by atoms with Crippen molar-refractivity contribution in [3.8, 4) is 0 Å². The molecule has 19 heavy (non-hydrogen) atoms. The maximum absolute atomic E-state index is 4.33. The first-order chi connectivity index (χ1) is 9.02. The first-order valence-corrected chi connectivity index (χ1v) is 7.22. The molecule has 2 atom stereocenters. The molecule has 1 aromatic rings. The summed E-state index contributed by atoms with van der Waals surface area (Å²) in [4.78, 5) is 11.0. The van der Waals surface area contributed by atoms with Crippen LogP contribution < -0.4 is 5.32 Å². The Bertz CT molecular complexity index is 401. The second-order valence-corrected chi connectivity index (χ2v) is 6.26. The summed E-state index contributed by atoms with van der Waals surface area (Å²) in [5, 5.41) is 3.42. The Labute approximate surface area is 116 Å². The summed E-state index contributed by atoms with van der Waals surface area (Å²) < 4.78 is 0. The monoisotopic (exact) mass is 262 g/mol. The highest BCUT2D eigenvalue weighted by atomic mass is 15.2.